The molecule has 2 aromatic carbocycles. The molecule has 0 saturated heterocycles. The summed E-state index contributed by atoms with van der Waals surface area (Å²) in [7, 11) is 1.40. The molecule has 0 atom stereocenters. The minimum Gasteiger partial charge on any atom is -0.496 e. The zero-order chi connectivity index (χ0) is 17.8. The van der Waals surface area contributed by atoms with E-state index in [-0.39, 0.29) is 29.5 Å². The van der Waals surface area contributed by atoms with Gasteiger partial charge in [0.05, 0.1) is 24.3 Å². The van der Waals surface area contributed by atoms with Crippen LogP contribution in [0, 0.1) is 0 Å². The van der Waals surface area contributed by atoms with Gasteiger partial charge in [0.15, 0.2) is 0 Å². The Balaban J connectivity index is 1.75. The fourth-order valence-corrected chi connectivity index (χ4v) is 2.37. The summed E-state index contributed by atoms with van der Waals surface area (Å²) < 4.78 is 5.01. The summed E-state index contributed by atoms with van der Waals surface area (Å²) >= 11 is 0. The van der Waals surface area contributed by atoms with Gasteiger partial charge in [-0.2, -0.15) is 0 Å². The van der Waals surface area contributed by atoms with Crippen LogP contribution in [-0.2, 0) is 6.54 Å². The quantitative estimate of drug-likeness (QED) is 0.740. The topological polar surface area (TPSA) is 101 Å². The van der Waals surface area contributed by atoms with Crippen LogP contribution in [0.4, 0.5) is 0 Å². The number of para-hydroxylation sites is 2. The number of benzene rings is 2. The van der Waals surface area contributed by atoms with Crippen molar-refractivity contribution in [3.63, 3.8) is 0 Å². The van der Waals surface area contributed by atoms with Crippen LogP contribution in [0.3, 0.4) is 0 Å². The Morgan fingerprint density at radius 1 is 1.16 bits per heavy atom. The lowest BCUT2D eigenvalue weighted by Crippen LogP contribution is -2.24. The first-order valence-electron chi connectivity index (χ1n) is 7.48. The number of ether oxygens (including phenoxy) is 1. The lowest BCUT2D eigenvalue weighted by atomic mass is 10.1. The molecule has 2 N–H and O–H groups in total. The fraction of sp³-hybridized carbons (Fsp3) is 0.111. The Bertz CT molecular complexity index is 956. The van der Waals surface area contributed by atoms with E-state index in [0.717, 1.165) is 0 Å². The Hall–Kier alpha value is -3.48. The molecule has 0 fully saturated rings. The van der Waals surface area contributed by atoms with Crippen LogP contribution < -0.4 is 10.1 Å². The van der Waals surface area contributed by atoms with E-state index in [1.807, 2.05) is 18.2 Å². The summed E-state index contributed by atoms with van der Waals surface area (Å²) in [6, 6.07) is 12.0. The molecule has 0 spiro atoms. The molecule has 25 heavy (non-hydrogen) atoms. The second kappa shape index (κ2) is 6.96. The normalized spacial score (nSPS) is 10.4. The van der Waals surface area contributed by atoms with Crippen LogP contribution in [0.2, 0.25) is 0 Å². The molecule has 1 aromatic heterocycles. The van der Waals surface area contributed by atoms with Gasteiger partial charge < -0.3 is 15.2 Å². The number of nitrogens with zero attached hydrogens (tertiary/aromatic N) is 2. The van der Waals surface area contributed by atoms with Crippen molar-refractivity contribution in [1.29, 1.82) is 0 Å². The van der Waals surface area contributed by atoms with Gasteiger partial charge in [-0.05, 0) is 29.8 Å². The van der Waals surface area contributed by atoms with Gasteiger partial charge in [-0.3, -0.25) is 9.78 Å². The van der Waals surface area contributed by atoms with Gasteiger partial charge in [0.25, 0.3) is 5.91 Å². The number of aromatic carboxylic acids is 1. The van der Waals surface area contributed by atoms with E-state index in [1.54, 1.807) is 18.2 Å². The predicted octanol–water partition coefficient (Wildman–Crippen LogP) is 2.27. The summed E-state index contributed by atoms with van der Waals surface area (Å²) in [4.78, 5) is 32.0. The third-order valence-electron chi connectivity index (χ3n) is 3.63. The van der Waals surface area contributed by atoms with Crippen molar-refractivity contribution in [2.24, 2.45) is 0 Å². The van der Waals surface area contributed by atoms with Crippen molar-refractivity contribution < 1.29 is 19.4 Å². The number of rotatable bonds is 5. The van der Waals surface area contributed by atoms with Gasteiger partial charge in [-0.25, -0.2) is 9.78 Å². The highest BCUT2D eigenvalue weighted by molar-refractivity contribution is 5.94. The highest BCUT2D eigenvalue weighted by Crippen LogP contribution is 2.20. The van der Waals surface area contributed by atoms with E-state index in [4.69, 9.17) is 4.74 Å². The molecule has 0 bridgehead atoms. The van der Waals surface area contributed by atoms with Crippen molar-refractivity contribution >= 4 is 22.9 Å². The minimum atomic E-state index is -1.09. The molecule has 0 aliphatic carbocycles. The maximum atomic E-state index is 12.2. The first kappa shape index (κ1) is 16.4. The van der Waals surface area contributed by atoms with E-state index >= 15 is 0 Å². The van der Waals surface area contributed by atoms with Gasteiger partial charge in [-0.1, -0.05) is 18.2 Å². The molecule has 0 unspecified atom stereocenters. The summed E-state index contributed by atoms with van der Waals surface area (Å²) in [5.74, 6) is -1.21. The van der Waals surface area contributed by atoms with E-state index in [1.165, 1.54) is 19.4 Å². The standard InChI is InChI=1S/C18H15N3O4/c1-25-16-7-6-11(8-12(16)18(23)24)9-20-17(22)15-10-19-13-4-2-3-5-14(13)21-15/h2-8,10H,9H2,1H3,(H,20,22)(H,23,24). The first-order valence-corrected chi connectivity index (χ1v) is 7.48. The molecule has 126 valence electrons. The smallest absolute Gasteiger partial charge is 0.339 e. The van der Waals surface area contributed by atoms with Crippen molar-refractivity contribution in [2.75, 3.05) is 7.11 Å². The van der Waals surface area contributed by atoms with Gasteiger partial charge in [0.2, 0.25) is 0 Å². The van der Waals surface area contributed by atoms with Crippen LogP contribution in [0.5, 0.6) is 5.75 Å². The Morgan fingerprint density at radius 2 is 1.92 bits per heavy atom. The number of carboxylic acids is 1. The van der Waals surface area contributed by atoms with E-state index in [2.05, 4.69) is 15.3 Å². The maximum absolute atomic E-state index is 12.2. The SMILES string of the molecule is COc1ccc(CNC(=O)c2cnc3ccccc3n2)cc1C(=O)O. The summed E-state index contributed by atoms with van der Waals surface area (Å²) in [6.45, 7) is 0.164. The number of methoxy groups -OCH3 is 1. The fourth-order valence-electron chi connectivity index (χ4n) is 2.37. The summed E-state index contributed by atoms with van der Waals surface area (Å²) in [5, 5.41) is 11.9. The van der Waals surface area contributed by atoms with Crippen molar-refractivity contribution in [2.45, 2.75) is 6.54 Å². The van der Waals surface area contributed by atoms with Gasteiger partial charge in [0.1, 0.15) is 17.0 Å². The number of carboxylic acid groups (broad SMARTS) is 1. The van der Waals surface area contributed by atoms with Crippen LogP contribution in [0.15, 0.2) is 48.7 Å². The first-order chi connectivity index (χ1) is 12.1. The summed E-state index contributed by atoms with van der Waals surface area (Å²) in [6.07, 6.45) is 1.41. The number of aromatic nitrogens is 2. The molecule has 1 amide bonds. The van der Waals surface area contributed by atoms with Crippen LogP contribution >= 0.6 is 0 Å². The highest BCUT2D eigenvalue weighted by Gasteiger charge is 2.13. The average molecular weight is 337 g/mol. The molecule has 0 saturated carbocycles. The number of fused-ring (bicyclic) bond motifs is 1. The number of carbonyl (C=O) groups is 2. The molecule has 0 radical (unpaired) electrons. The van der Waals surface area contributed by atoms with Crippen molar-refractivity contribution in [3.05, 3.63) is 65.5 Å². The largest absolute Gasteiger partial charge is 0.496 e. The zero-order valence-corrected chi connectivity index (χ0v) is 13.4. The monoisotopic (exact) mass is 337 g/mol. The van der Waals surface area contributed by atoms with E-state index < -0.39 is 5.97 Å². The second-order valence-electron chi connectivity index (χ2n) is 5.27. The van der Waals surface area contributed by atoms with Crippen LogP contribution in [-0.4, -0.2) is 34.1 Å². The lowest BCUT2D eigenvalue weighted by Gasteiger charge is -2.09. The Kier molecular flexibility index (Phi) is 4.56. The van der Waals surface area contributed by atoms with Gasteiger partial charge in [0, 0.05) is 6.54 Å². The highest BCUT2D eigenvalue weighted by atomic mass is 16.5. The number of hydrogen-bond acceptors (Lipinski definition) is 5. The number of hydrogen-bond donors (Lipinski definition) is 2. The van der Waals surface area contributed by atoms with Gasteiger partial charge >= 0.3 is 5.97 Å². The molecule has 1 heterocycles. The van der Waals surface area contributed by atoms with Crippen molar-refractivity contribution in [1.82, 2.24) is 15.3 Å². The summed E-state index contributed by atoms with van der Waals surface area (Å²) in [5.41, 5.74) is 2.22. The zero-order valence-electron chi connectivity index (χ0n) is 13.4. The van der Waals surface area contributed by atoms with E-state index in [9.17, 15) is 14.7 Å². The third-order valence-corrected chi connectivity index (χ3v) is 3.63. The molecule has 7 nitrogen and oxygen atoms in total. The second-order valence-corrected chi connectivity index (χ2v) is 5.27. The Morgan fingerprint density at radius 3 is 2.64 bits per heavy atom. The Labute approximate surface area is 143 Å². The molecule has 7 heteroatoms. The molecule has 0 aliphatic rings. The number of nitrogens with one attached hydrogen (secondary N) is 1. The minimum absolute atomic E-state index is 0.0414. The molecule has 3 rings (SSSR count). The number of amides is 1. The van der Waals surface area contributed by atoms with Gasteiger partial charge in [-0.15, -0.1) is 0 Å². The predicted molar refractivity (Wildman–Crippen MR) is 90.7 cm³/mol. The third kappa shape index (κ3) is 3.55. The van der Waals surface area contributed by atoms with Crippen molar-refractivity contribution in [3.8, 4) is 5.75 Å². The molecule has 0 aliphatic heterocycles. The lowest BCUT2D eigenvalue weighted by molar-refractivity contribution is 0.0693. The van der Waals surface area contributed by atoms with Crippen LogP contribution in [0.1, 0.15) is 26.4 Å². The molecular weight excluding hydrogens is 322 g/mol. The van der Waals surface area contributed by atoms with Crippen LogP contribution in [0.25, 0.3) is 11.0 Å². The molecular formula is C18H15N3O4. The van der Waals surface area contributed by atoms with E-state index in [0.29, 0.717) is 16.6 Å². The average Bonchev–Trinajstić information content (AvgIpc) is 2.65. The maximum Gasteiger partial charge on any atom is 0.339 e. The molecule has 3 aromatic rings. The number of carbonyl (C=O) groups excluding carboxylic acids is 1.